The number of nitrogens with one attached hydrogen (secondary N) is 12. The highest BCUT2D eigenvalue weighted by Gasteiger charge is 2.24. The Morgan fingerprint density at radius 3 is 1.43 bits per heavy atom. The quantitative estimate of drug-likeness (QED) is 0.0596. The predicted octanol–water partition coefficient (Wildman–Crippen LogP) is 3.35. The first-order valence-electron chi connectivity index (χ1n) is 21.7. The van der Waals surface area contributed by atoms with Crippen LogP contribution in [0.1, 0.15) is 116 Å². The van der Waals surface area contributed by atoms with Crippen LogP contribution in [0, 0.1) is 23.7 Å². The van der Waals surface area contributed by atoms with E-state index in [1.165, 1.54) is 0 Å². The van der Waals surface area contributed by atoms with Gasteiger partial charge in [0.1, 0.15) is 5.60 Å². The van der Waals surface area contributed by atoms with Crippen LogP contribution >= 0.6 is 12.2 Å². The van der Waals surface area contributed by atoms with Crippen LogP contribution in [0.2, 0.25) is 0 Å². The van der Waals surface area contributed by atoms with Crippen molar-refractivity contribution in [1.82, 2.24) is 63.8 Å². The number of alkyl carbamates (subject to hydrolysis) is 1. The molecule has 0 heterocycles. The lowest BCUT2D eigenvalue weighted by atomic mass is 10.00. The lowest BCUT2D eigenvalue weighted by molar-refractivity contribution is -0.120. The summed E-state index contributed by atoms with van der Waals surface area (Å²) in [6.07, 6.45) is 1.93. The molecule has 0 bridgehead atoms. The molecule has 0 rings (SSSR count). The molecule has 0 aliphatic carbocycles. The van der Waals surface area contributed by atoms with E-state index in [9.17, 15) is 28.8 Å². The molecule has 20 heteroatoms. The Hall–Kier alpha value is -4.49. The van der Waals surface area contributed by atoms with E-state index < -0.39 is 41.9 Å². The monoisotopic (exact) mass is 887 g/mol. The number of carbonyl (C=O) groups is 6. The summed E-state index contributed by atoms with van der Waals surface area (Å²) in [5.74, 6) is 0.643. The first-order chi connectivity index (χ1) is 28.3. The molecule has 0 aromatic carbocycles. The lowest BCUT2D eigenvalue weighted by Gasteiger charge is -2.26. The SMILES string of the molecule is CNC(=O)CC[C@H](CC(C)C)NC(=S)NC[C@H](C)NC(=O)NC[C@@H](NC(=O)NC[C@H](CC(C)C)NC(=O)NC[C@H](C)NC(=O)NC[C@@H](NC(=O)OC(C)(C)C)C(C)C)C(C)C. The summed E-state index contributed by atoms with van der Waals surface area (Å²) in [4.78, 5) is 75.1. The standard InChI is InChI=1S/C41H82N12O7S/c1-24(2)17-30(15-16-34(54)42-14)51-39(61)47-20-29(10)49-35(55)45-22-32(26(5)6)52-38(58)44-21-31(18-25(3)4)50-37(57)43-19-28(9)48-36(56)46-23-33(27(7)8)53-40(59)60-41(11,12)13/h24-33H,15-23H2,1-14H3,(H,42,54)(H,53,59)(H2,43,50,57)(H2,44,52,58)(H2,45,49,55)(H2,46,48,56)(H2,47,51,61)/t28-,29-,30+,31-,32+,33+/m0/s1. The topological polar surface area (TPSA) is 256 Å². The molecular formula is C41H82N12O7S. The summed E-state index contributed by atoms with van der Waals surface area (Å²) in [7, 11) is 1.62. The van der Waals surface area contributed by atoms with Crippen LogP contribution in [0.15, 0.2) is 0 Å². The van der Waals surface area contributed by atoms with Crippen molar-refractivity contribution in [3.8, 4) is 0 Å². The van der Waals surface area contributed by atoms with Crippen LogP contribution in [0.25, 0.3) is 0 Å². The molecule has 0 saturated carbocycles. The van der Waals surface area contributed by atoms with Crippen molar-refractivity contribution in [3.63, 3.8) is 0 Å². The Kier molecular flexibility index (Phi) is 27.5. The molecule has 0 aromatic heterocycles. The number of amides is 10. The molecule has 0 spiro atoms. The van der Waals surface area contributed by atoms with Crippen molar-refractivity contribution in [2.75, 3.05) is 39.8 Å². The van der Waals surface area contributed by atoms with Crippen LogP contribution in [-0.2, 0) is 9.53 Å². The number of thiocarbonyl (C=S) groups is 1. The number of carbonyl (C=O) groups excluding carboxylic acids is 6. The fourth-order valence-corrected chi connectivity index (χ4v) is 6.08. The van der Waals surface area contributed by atoms with Gasteiger partial charge in [-0.1, -0.05) is 55.4 Å². The van der Waals surface area contributed by atoms with Gasteiger partial charge in [-0.05, 0) is 89.8 Å². The van der Waals surface area contributed by atoms with Gasteiger partial charge in [0.15, 0.2) is 5.11 Å². The zero-order chi connectivity index (χ0) is 46.9. The van der Waals surface area contributed by atoms with Crippen molar-refractivity contribution in [3.05, 3.63) is 0 Å². The van der Waals surface area contributed by atoms with Crippen LogP contribution in [0.4, 0.5) is 24.0 Å². The molecule has 0 aliphatic heterocycles. The van der Waals surface area contributed by atoms with Gasteiger partial charge >= 0.3 is 30.2 Å². The molecule has 10 amide bonds. The van der Waals surface area contributed by atoms with E-state index in [0.717, 1.165) is 6.42 Å². The maximum Gasteiger partial charge on any atom is 0.407 e. The van der Waals surface area contributed by atoms with Crippen LogP contribution < -0.4 is 63.8 Å². The maximum atomic E-state index is 13.0. The molecule has 354 valence electrons. The van der Waals surface area contributed by atoms with Crippen LogP contribution in [0.3, 0.4) is 0 Å². The summed E-state index contributed by atoms with van der Waals surface area (Å²) >= 11 is 5.48. The Labute approximate surface area is 370 Å². The molecule has 0 aromatic rings. The second kappa shape index (κ2) is 29.7. The van der Waals surface area contributed by atoms with Gasteiger partial charge in [0.05, 0.1) is 12.1 Å². The summed E-state index contributed by atoms with van der Waals surface area (Å²) in [6, 6.07) is -3.50. The van der Waals surface area contributed by atoms with E-state index in [2.05, 4.69) is 77.6 Å². The van der Waals surface area contributed by atoms with Crippen LogP contribution in [0.5, 0.6) is 0 Å². The third kappa shape index (κ3) is 30.2. The van der Waals surface area contributed by atoms with Crippen molar-refractivity contribution in [1.29, 1.82) is 0 Å². The summed E-state index contributed by atoms with van der Waals surface area (Å²) in [5.41, 5.74) is -0.646. The number of rotatable bonds is 25. The fraction of sp³-hybridized carbons (Fsp3) is 0.829. The number of ether oxygens (including phenoxy) is 1. The normalized spacial score (nSPS) is 14.3. The first-order valence-corrected chi connectivity index (χ1v) is 22.1. The highest BCUT2D eigenvalue weighted by molar-refractivity contribution is 7.80. The summed E-state index contributed by atoms with van der Waals surface area (Å²) < 4.78 is 5.33. The molecule has 12 N–H and O–H groups in total. The Morgan fingerprint density at radius 1 is 0.525 bits per heavy atom. The molecule has 0 saturated heterocycles. The van der Waals surface area contributed by atoms with Gasteiger partial charge < -0.3 is 68.5 Å². The molecule has 61 heavy (non-hydrogen) atoms. The van der Waals surface area contributed by atoms with E-state index >= 15 is 0 Å². The third-order valence-corrected chi connectivity index (χ3v) is 9.44. The van der Waals surface area contributed by atoms with Crippen LogP contribution in [-0.4, -0.2) is 123 Å². The second-order valence-corrected chi connectivity index (χ2v) is 18.7. The summed E-state index contributed by atoms with van der Waals surface area (Å²) in [5, 5.41) is 35.0. The Balaban J connectivity index is 4.86. The molecule has 0 aliphatic rings. The number of hydrogen-bond acceptors (Lipinski definition) is 8. The fourth-order valence-electron chi connectivity index (χ4n) is 5.83. The largest absolute Gasteiger partial charge is 0.444 e. The summed E-state index contributed by atoms with van der Waals surface area (Å²) in [6.45, 7) is 25.9. The number of hydrogen-bond donors (Lipinski definition) is 12. The average Bonchev–Trinajstić information content (AvgIpc) is 3.12. The molecule has 6 atom stereocenters. The van der Waals surface area contributed by atoms with Gasteiger partial charge in [-0.25, -0.2) is 24.0 Å². The third-order valence-electron chi connectivity index (χ3n) is 9.18. The minimum Gasteiger partial charge on any atom is -0.444 e. The minimum absolute atomic E-state index is 0.00523. The van der Waals surface area contributed by atoms with E-state index in [1.807, 2.05) is 48.5 Å². The zero-order valence-corrected chi connectivity index (χ0v) is 40.2. The molecule has 19 nitrogen and oxygen atoms in total. The molecule has 0 unspecified atom stereocenters. The van der Waals surface area contributed by atoms with Gasteiger partial charge in [-0.15, -0.1) is 0 Å². The highest BCUT2D eigenvalue weighted by Crippen LogP contribution is 2.11. The van der Waals surface area contributed by atoms with E-state index in [0.29, 0.717) is 36.8 Å². The predicted molar refractivity (Wildman–Crippen MR) is 245 cm³/mol. The van der Waals surface area contributed by atoms with Gasteiger partial charge in [0, 0.05) is 70.4 Å². The first kappa shape index (κ1) is 56.5. The van der Waals surface area contributed by atoms with Gasteiger partial charge in [-0.3, -0.25) is 4.79 Å². The Morgan fingerprint density at radius 2 is 0.951 bits per heavy atom. The van der Waals surface area contributed by atoms with E-state index in [4.69, 9.17) is 17.0 Å². The minimum atomic E-state index is -0.646. The second-order valence-electron chi connectivity index (χ2n) is 18.3. The highest BCUT2D eigenvalue weighted by atomic mass is 32.1. The smallest absolute Gasteiger partial charge is 0.407 e. The van der Waals surface area contributed by atoms with E-state index in [-0.39, 0.29) is 80.0 Å². The van der Waals surface area contributed by atoms with Gasteiger partial charge in [-0.2, -0.15) is 0 Å². The van der Waals surface area contributed by atoms with Crippen molar-refractivity contribution in [2.24, 2.45) is 23.7 Å². The number of urea groups is 4. The van der Waals surface area contributed by atoms with E-state index in [1.54, 1.807) is 34.7 Å². The lowest BCUT2D eigenvalue weighted by Crippen LogP contribution is -2.55. The molecular weight excluding hydrogens is 805 g/mol. The van der Waals surface area contributed by atoms with Crippen molar-refractivity contribution in [2.45, 2.75) is 158 Å². The average molecular weight is 887 g/mol. The van der Waals surface area contributed by atoms with Gasteiger partial charge in [0.2, 0.25) is 5.91 Å². The van der Waals surface area contributed by atoms with Crippen molar-refractivity contribution >= 4 is 53.5 Å². The zero-order valence-electron chi connectivity index (χ0n) is 39.4. The van der Waals surface area contributed by atoms with Gasteiger partial charge in [0.25, 0.3) is 0 Å². The maximum absolute atomic E-state index is 13.0. The molecule has 0 radical (unpaired) electrons. The Bertz CT molecular complexity index is 1360. The molecule has 0 fully saturated rings. The van der Waals surface area contributed by atoms with Crippen molar-refractivity contribution < 1.29 is 33.5 Å².